The molecule has 1 aliphatic heterocycles. The minimum Gasteiger partial charge on any atom is -0.316 e. The third-order valence-electron chi connectivity index (χ3n) is 4.24. The normalized spacial score (nSPS) is 20.3. The highest BCUT2D eigenvalue weighted by molar-refractivity contribution is 5.94. The van der Waals surface area contributed by atoms with Crippen LogP contribution in [0.1, 0.15) is 39.2 Å². The van der Waals surface area contributed by atoms with Crippen molar-refractivity contribution >= 4 is 11.7 Å². The average Bonchev–Trinajstić information content (AvgIpc) is 2.87. The number of piperidine rings is 1. The number of amides is 1. The van der Waals surface area contributed by atoms with E-state index in [-0.39, 0.29) is 11.3 Å². The van der Waals surface area contributed by atoms with Gasteiger partial charge in [0.15, 0.2) is 0 Å². The third kappa shape index (κ3) is 2.97. The van der Waals surface area contributed by atoms with E-state index in [1.165, 1.54) is 0 Å². The molecule has 0 aliphatic carbocycles. The van der Waals surface area contributed by atoms with Crippen molar-refractivity contribution in [2.75, 3.05) is 18.4 Å². The molecule has 2 rings (SSSR count). The maximum Gasteiger partial charge on any atom is 0.231 e. The fourth-order valence-electron chi connectivity index (χ4n) is 2.62. The fourth-order valence-corrected chi connectivity index (χ4v) is 2.62. The fraction of sp³-hybridized carbons (Fsp3) is 0.714. The van der Waals surface area contributed by atoms with E-state index in [1.807, 2.05) is 13.8 Å². The lowest BCUT2D eigenvalue weighted by Gasteiger charge is -2.35. The Kier molecular flexibility index (Phi) is 4.24. The first-order valence-electron chi connectivity index (χ1n) is 7.10. The number of H-pyrrole nitrogens is 1. The van der Waals surface area contributed by atoms with Crippen LogP contribution in [0.5, 0.6) is 0 Å². The van der Waals surface area contributed by atoms with Crippen LogP contribution in [-0.4, -0.2) is 29.2 Å². The zero-order chi connectivity index (χ0) is 13.9. The van der Waals surface area contributed by atoms with Crippen LogP contribution in [0.25, 0.3) is 0 Å². The predicted molar refractivity (Wildman–Crippen MR) is 76.0 cm³/mol. The molecule has 1 unspecified atom stereocenters. The summed E-state index contributed by atoms with van der Waals surface area (Å²) < 4.78 is 0. The molecule has 2 heterocycles. The van der Waals surface area contributed by atoms with Crippen LogP contribution in [0.4, 0.5) is 5.82 Å². The topological polar surface area (TPSA) is 69.8 Å². The van der Waals surface area contributed by atoms with Gasteiger partial charge in [0.2, 0.25) is 5.91 Å². The summed E-state index contributed by atoms with van der Waals surface area (Å²) in [5.41, 5.74) is 0.676. The van der Waals surface area contributed by atoms with Crippen molar-refractivity contribution in [2.24, 2.45) is 11.3 Å². The Morgan fingerprint density at radius 1 is 1.58 bits per heavy atom. The summed E-state index contributed by atoms with van der Waals surface area (Å²) in [4.78, 5) is 12.5. The number of aromatic nitrogens is 2. The van der Waals surface area contributed by atoms with Crippen molar-refractivity contribution in [2.45, 2.75) is 40.0 Å². The quantitative estimate of drug-likeness (QED) is 0.778. The van der Waals surface area contributed by atoms with E-state index in [9.17, 15) is 4.79 Å². The molecule has 1 aliphatic rings. The van der Waals surface area contributed by atoms with Gasteiger partial charge in [-0.3, -0.25) is 9.89 Å². The monoisotopic (exact) mass is 264 g/mol. The minimum atomic E-state index is -0.371. The molecule has 1 atom stereocenters. The van der Waals surface area contributed by atoms with Gasteiger partial charge in [0, 0.05) is 11.0 Å². The molecular formula is C14H24N4O. The number of rotatable bonds is 4. The molecule has 0 radical (unpaired) electrons. The van der Waals surface area contributed by atoms with Gasteiger partial charge in [0.1, 0.15) is 5.82 Å². The lowest BCUT2D eigenvalue weighted by molar-refractivity contribution is -0.127. The molecule has 1 saturated heterocycles. The highest BCUT2D eigenvalue weighted by Gasteiger charge is 2.37. The van der Waals surface area contributed by atoms with Gasteiger partial charge in [-0.2, -0.15) is 5.10 Å². The molecule has 0 spiro atoms. The molecule has 1 amide bonds. The molecule has 5 heteroatoms. The van der Waals surface area contributed by atoms with Gasteiger partial charge in [0.05, 0.1) is 6.20 Å². The summed E-state index contributed by atoms with van der Waals surface area (Å²) in [6.45, 7) is 8.10. The first-order valence-corrected chi connectivity index (χ1v) is 7.10. The Labute approximate surface area is 114 Å². The van der Waals surface area contributed by atoms with Crippen LogP contribution in [0.3, 0.4) is 0 Å². The summed E-state index contributed by atoms with van der Waals surface area (Å²) in [6, 6.07) is 0. The van der Waals surface area contributed by atoms with Gasteiger partial charge in [-0.1, -0.05) is 20.8 Å². The van der Waals surface area contributed by atoms with E-state index >= 15 is 0 Å². The van der Waals surface area contributed by atoms with Crippen molar-refractivity contribution in [3.8, 4) is 0 Å². The lowest BCUT2D eigenvalue weighted by atomic mass is 9.74. The third-order valence-corrected chi connectivity index (χ3v) is 4.24. The molecule has 0 saturated carbocycles. The molecule has 3 N–H and O–H groups in total. The van der Waals surface area contributed by atoms with E-state index in [1.54, 1.807) is 6.20 Å². The first kappa shape index (κ1) is 14.1. The van der Waals surface area contributed by atoms with E-state index in [0.717, 1.165) is 43.7 Å². The number of nitrogens with zero attached hydrogens (tertiary/aromatic N) is 1. The van der Waals surface area contributed by atoms with Crippen molar-refractivity contribution < 1.29 is 4.79 Å². The number of carbonyl (C=O) groups excluding carboxylic acids is 1. The summed E-state index contributed by atoms with van der Waals surface area (Å²) in [6.07, 6.45) is 4.88. The number of aromatic amines is 1. The maximum atomic E-state index is 12.5. The number of aryl methyl sites for hydroxylation is 1. The summed E-state index contributed by atoms with van der Waals surface area (Å²) in [7, 11) is 0. The van der Waals surface area contributed by atoms with Gasteiger partial charge in [-0.25, -0.2) is 0 Å². The smallest absolute Gasteiger partial charge is 0.231 e. The van der Waals surface area contributed by atoms with Gasteiger partial charge >= 0.3 is 0 Å². The number of nitrogens with one attached hydrogen (secondary N) is 3. The molecule has 1 fully saturated rings. The molecule has 1 aromatic rings. The number of anilines is 1. The van der Waals surface area contributed by atoms with Crippen molar-refractivity contribution in [1.29, 1.82) is 0 Å². The van der Waals surface area contributed by atoms with E-state index in [2.05, 4.69) is 27.8 Å². The standard InChI is InChI=1S/C14H24N4O/c1-4-10-8-16-18-12(10)17-13(19)14(2,3)11-6-5-7-15-9-11/h8,11,15H,4-7,9H2,1-3H3,(H2,16,17,18,19). The van der Waals surface area contributed by atoms with Crippen LogP contribution < -0.4 is 10.6 Å². The van der Waals surface area contributed by atoms with Gasteiger partial charge in [-0.15, -0.1) is 0 Å². The molecule has 1 aromatic heterocycles. The molecular weight excluding hydrogens is 240 g/mol. The van der Waals surface area contributed by atoms with Crippen molar-refractivity contribution in [1.82, 2.24) is 15.5 Å². The van der Waals surface area contributed by atoms with Crippen LogP contribution in [-0.2, 0) is 11.2 Å². The molecule has 5 nitrogen and oxygen atoms in total. The van der Waals surface area contributed by atoms with Crippen molar-refractivity contribution in [3.63, 3.8) is 0 Å². The van der Waals surface area contributed by atoms with Crippen molar-refractivity contribution in [3.05, 3.63) is 11.8 Å². The SMILES string of the molecule is CCc1cn[nH]c1NC(=O)C(C)(C)C1CCCNC1. The second-order valence-corrected chi connectivity index (χ2v) is 5.84. The Morgan fingerprint density at radius 3 is 3.00 bits per heavy atom. The highest BCUT2D eigenvalue weighted by Crippen LogP contribution is 2.33. The summed E-state index contributed by atoms with van der Waals surface area (Å²) in [5.74, 6) is 1.19. The lowest BCUT2D eigenvalue weighted by Crippen LogP contribution is -2.45. The Hall–Kier alpha value is -1.36. The Morgan fingerprint density at radius 2 is 2.37 bits per heavy atom. The molecule has 19 heavy (non-hydrogen) atoms. The Bertz CT molecular complexity index is 432. The van der Waals surface area contributed by atoms with E-state index in [0.29, 0.717) is 5.92 Å². The van der Waals surface area contributed by atoms with Crippen LogP contribution in [0.2, 0.25) is 0 Å². The van der Waals surface area contributed by atoms with Crippen LogP contribution in [0, 0.1) is 11.3 Å². The second-order valence-electron chi connectivity index (χ2n) is 5.84. The summed E-state index contributed by atoms with van der Waals surface area (Å²) >= 11 is 0. The molecule has 0 bridgehead atoms. The predicted octanol–water partition coefficient (Wildman–Crippen LogP) is 1.94. The number of hydrogen-bond donors (Lipinski definition) is 3. The molecule has 106 valence electrons. The number of hydrogen-bond acceptors (Lipinski definition) is 3. The van der Waals surface area contributed by atoms with Gasteiger partial charge in [0.25, 0.3) is 0 Å². The van der Waals surface area contributed by atoms with Crippen LogP contribution >= 0.6 is 0 Å². The van der Waals surface area contributed by atoms with Gasteiger partial charge < -0.3 is 10.6 Å². The largest absolute Gasteiger partial charge is 0.316 e. The van der Waals surface area contributed by atoms with E-state index < -0.39 is 0 Å². The summed E-state index contributed by atoms with van der Waals surface area (Å²) in [5, 5.41) is 13.2. The first-order chi connectivity index (χ1) is 9.05. The minimum absolute atomic E-state index is 0.0696. The highest BCUT2D eigenvalue weighted by atomic mass is 16.2. The number of carbonyl (C=O) groups is 1. The zero-order valence-electron chi connectivity index (χ0n) is 12.0. The van der Waals surface area contributed by atoms with Crippen LogP contribution in [0.15, 0.2) is 6.20 Å². The maximum absolute atomic E-state index is 12.5. The molecule has 0 aromatic carbocycles. The average molecular weight is 264 g/mol. The van der Waals surface area contributed by atoms with Gasteiger partial charge in [-0.05, 0) is 38.3 Å². The second kappa shape index (κ2) is 5.74. The zero-order valence-corrected chi connectivity index (χ0v) is 12.0. The van der Waals surface area contributed by atoms with E-state index in [4.69, 9.17) is 0 Å². The Balaban J connectivity index is 2.05.